The maximum atomic E-state index is 5.96. The first-order valence-electron chi connectivity index (χ1n) is 7.30. The Morgan fingerprint density at radius 2 is 2.17 bits per heavy atom. The zero-order valence-electron chi connectivity index (χ0n) is 11.2. The van der Waals surface area contributed by atoms with Gasteiger partial charge in [0.2, 0.25) is 0 Å². The molecule has 18 heavy (non-hydrogen) atoms. The van der Waals surface area contributed by atoms with Gasteiger partial charge in [-0.3, -0.25) is 0 Å². The fourth-order valence-corrected chi connectivity index (χ4v) is 3.47. The molecule has 1 aromatic carbocycles. The lowest BCUT2D eigenvalue weighted by Gasteiger charge is -2.31. The Labute approximate surface area is 110 Å². The summed E-state index contributed by atoms with van der Waals surface area (Å²) in [4.78, 5) is 0. The van der Waals surface area contributed by atoms with Gasteiger partial charge in [0.05, 0.1) is 6.61 Å². The molecule has 1 saturated carbocycles. The van der Waals surface area contributed by atoms with Crippen LogP contribution in [0.5, 0.6) is 5.75 Å². The standard InChI is InChI=1S/C16H23NO/c1-17-14-8-2-6-13(11-14)15-9-3-5-12-7-4-10-18-16(12)15/h3,5,9,13-14,17H,2,4,6-8,10-11H2,1H3. The van der Waals surface area contributed by atoms with Gasteiger partial charge in [-0.05, 0) is 56.2 Å². The molecule has 98 valence electrons. The van der Waals surface area contributed by atoms with Crippen LogP contribution in [0, 0.1) is 0 Å². The molecule has 3 rings (SSSR count). The molecule has 0 bridgehead atoms. The van der Waals surface area contributed by atoms with Gasteiger partial charge < -0.3 is 10.1 Å². The summed E-state index contributed by atoms with van der Waals surface area (Å²) in [6.07, 6.45) is 7.59. The summed E-state index contributed by atoms with van der Waals surface area (Å²) < 4.78 is 5.96. The van der Waals surface area contributed by atoms with Crippen LogP contribution < -0.4 is 10.1 Å². The number of rotatable bonds is 2. The molecule has 0 amide bonds. The molecule has 1 fully saturated rings. The van der Waals surface area contributed by atoms with E-state index in [2.05, 4.69) is 30.6 Å². The third-order valence-electron chi connectivity index (χ3n) is 4.49. The van der Waals surface area contributed by atoms with Crippen LogP contribution in [0.2, 0.25) is 0 Å². The van der Waals surface area contributed by atoms with Crippen LogP contribution in [-0.2, 0) is 6.42 Å². The molecule has 1 aromatic rings. The summed E-state index contributed by atoms with van der Waals surface area (Å²) >= 11 is 0. The molecule has 0 spiro atoms. The van der Waals surface area contributed by atoms with Crippen LogP contribution in [0.25, 0.3) is 0 Å². The van der Waals surface area contributed by atoms with Crippen molar-refractivity contribution in [3.8, 4) is 5.75 Å². The van der Waals surface area contributed by atoms with Crippen LogP contribution in [0.3, 0.4) is 0 Å². The minimum Gasteiger partial charge on any atom is -0.493 e. The monoisotopic (exact) mass is 245 g/mol. The Balaban J connectivity index is 1.87. The fourth-order valence-electron chi connectivity index (χ4n) is 3.47. The van der Waals surface area contributed by atoms with Gasteiger partial charge in [-0.15, -0.1) is 0 Å². The maximum Gasteiger partial charge on any atom is 0.125 e. The summed E-state index contributed by atoms with van der Waals surface area (Å²) in [5, 5.41) is 3.44. The van der Waals surface area contributed by atoms with E-state index in [1.54, 1.807) is 0 Å². The SMILES string of the molecule is CNC1CCCC(c2cccc3c2OCCC3)C1. The molecule has 1 heterocycles. The van der Waals surface area contributed by atoms with Gasteiger partial charge in [-0.1, -0.05) is 24.6 Å². The molecule has 0 radical (unpaired) electrons. The molecule has 2 aliphatic rings. The highest BCUT2D eigenvalue weighted by atomic mass is 16.5. The van der Waals surface area contributed by atoms with Crippen molar-refractivity contribution in [3.05, 3.63) is 29.3 Å². The Morgan fingerprint density at radius 3 is 3.06 bits per heavy atom. The largest absolute Gasteiger partial charge is 0.493 e. The maximum absolute atomic E-state index is 5.96. The predicted molar refractivity (Wildman–Crippen MR) is 74.3 cm³/mol. The van der Waals surface area contributed by atoms with Crippen molar-refractivity contribution in [3.63, 3.8) is 0 Å². The Hall–Kier alpha value is -1.02. The average Bonchev–Trinajstić information content (AvgIpc) is 2.47. The number of fused-ring (bicyclic) bond motifs is 1. The Bertz CT molecular complexity index is 416. The highest BCUT2D eigenvalue weighted by Crippen LogP contribution is 2.40. The van der Waals surface area contributed by atoms with Crippen molar-refractivity contribution in [2.45, 2.75) is 50.5 Å². The number of para-hydroxylation sites is 1. The number of hydrogen-bond acceptors (Lipinski definition) is 2. The summed E-state index contributed by atoms with van der Waals surface area (Å²) in [5.41, 5.74) is 2.89. The molecule has 1 N–H and O–H groups in total. The van der Waals surface area contributed by atoms with Crippen LogP contribution in [0.15, 0.2) is 18.2 Å². The van der Waals surface area contributed by atoms with Crippen LogP contribution in [0.1, 0.15) is 49.1 Å². The molecule has 2 heteroatoms. The first kappa shape index (κ1) is 12.0. The zero-order chi connectivity index (χ0) is 12.4. The molecule has 1 aliphatic heterocycles. The van der Waals surface area contributed by atoms with E-state index in [-0.39, 0.29) is 0 Å². The lowest BCUT2D eigenvalue weighted by Crippen LogP contribution is -2.30. The topological polar surface area (TPSA) is 21.3 Å². The van der Waals surface area contributed by atoms with E-state index >= 15 is 0 Å². The van der Waals surface area contributed by atoms with Crippen molar-refractivity contribution in [1.82, 2.24) is 5.32 Å². The Kier molecular flexibility index (Phi) is 3.55. The first-order valence-corrected chi connectivity index (χ1v) is 7.30. The lowest BCUT2D eigenvalue weighted by atomic mass is 9.80. The van der Waals surface area contributed by atoms with Crippen LogP contribution in [0.4, 0.5) is 0 Å². The van der Waals surface area contributed by atoms with Gasteiger partial charge in [0.1, 0.15) is 5.75 Å². The van der Waals surface area contributed by atoms with Gasteiger partial charge in [-0.25, -0.2) is 0 Å². The molecule has 0 saturated heterocycles. The average molecular weight is 245 g/mol. The molecule has 0 aromatic heterocycles. The van der Waals surface area contributed by atoms with E-state index in [1.807, 2.05) is 0 Å². The summed E-state index contributed by atoms with van der Waals surface area (Å²) in [7, 11) is 2.09. The van der Waals surface area contributed by atoms with Gasteiger partial charge in [-0.2, -0.15) is 0 Å². The molecular formula is C16H23NO. The minimum atomic E-state index is 0.684. The quantitative estimate of drug-likeness (QED) is 0.863. The number of hydrogen-bond donors (Lipinski definition) is 1. The molecular weight excluding hydrogens is 222 g/mol. The van der Waals surface area contributed by atoms with Gasteiger partial charge in [0.25, 0.3) is 0 Å². The van der Waals surface area contributed by atoms with Crippen LogP contribution in [-0.4, -0.2) is 19.7 Å². The van der Waals surface area contributed by atoms with Gasteiger partial charge in [0.15, 0.2) is 0 Å². The second kappa shape index (κ2) is 5.31. The normalized spacial score (nSPS) is 27.4. The van der Waals surface area contributed by atoms with E-state index in [0.717, 1.165) is 6.61 Å². The van der Waals surface area contributed by atoms with Gasteiger partial charge >= 0.3 is 0 Å². The zero-order valence-corrected chi connectivity index (χ0v) is 11.2. The predicted octanol–water partition coefficient (Wildman–Crippen LogP) is 3.26. The molecule has 2 atom stereocenters. The van der Waals surface area contributed by atoms with Crippen LogP contribution >= 0.6 is 0 Å². The second-order valence-corrected chi connectivity index (χ2v) is 5.64. The van der Waals surface area contributed by atoms with E-state index < -0.39 is 0 Å². The number of ether oxygens (including phenoxy) is 1. The molecule has 2 nitrogen and oxygen atoms in total. The smallest absolute Gasteiger partial charge is 0.125 e. The summed E-state index contributed by atoms with van der Waals surface area (Å²) in [6.45, 7) is 0.895. The highest BCUT2D eigenvalue weighted by molar-refractivity contribution is 5.45. The highest BCUT2D eigenvalue weighted by Gasteiger charge is 2.26. The second-order valence-electron chi connectivity index (χ2n) is 5.64. The molecule has 2 unspecified atom stereocenters. The first-order chi connectivity index (χ1) is 8.88. The fraction of sp³-hybridized carbons (Fsp3) is 0.625. The number of benzene rings is 1. The third kappa shape index (κ3) is 2.26. The summed E-state index contributed by atoms with van der Waals surface area (Å²) in [5.74, 6) is 1.90. The molecule has 1 aliphatic carbocycles. The lowest BCUT2D eigenvalue weighted by molar-refractivity contribution is 0.276. The van der Waals surface area contributed by atoms with E-state index in [0.29, 0.717) is 12.0 Å². The van der Waals surface area contributed by atoms with E-state index in [9.17, 15) is 0 Å². The van der Waals surface area contributed by atoms with Gasteiger partial charge in [0, 0.05) is 6.04 Å². The van der Waals surface area contributed by atoms with Crippen molar-refractivity contribution >= 4 is 0 Å². The van der Waals surface area contributed by atoms with Crippen molar-refractivity contribution < 1.29 is 4.74 Å². The van der Waals surface area contributed by atoms with Crippen molar-refractivity contribution in [2.24, 2.45) is 0 Å². The van der Waals surface area contributed by atoms with E-state index in [1.165, 1.54) is 55.4 Å². The Morgan fingerprint density at radius 1 is 1.22 bits per heavy atom. The third-order valence-corrected chi connectivity index (χ3v) is 4.49. The van der Waals surface area contributed by atoms with Crippen molar-refractivity contribution in [1.29, 1.82) is 0 Å². The van der Waals surface area contributed by atoms with E-state index in [4.69, 9.17) is 4.74 Å². The number of nitrogens with one attached hydrogen (secondary N) is 1. The van der Waals surface area contributed by atoms with Crippen molar-refractivity contribution in [2.75, 3.05) is 13.7 Å². The minimum absolute atomic E-state index is 0.684. The number of aryl methyl sites for hydroxylation is 1. The summed E-state index contributed by atoms with van der Waals surface area (Å²) in [6, 6.07) is 7.41.